The van der Waals surface area contributed by atoms with Crippen molar-refractivity contribution in [3.05, 3.63) is 96.4 Å². The number of nitrogens with zero attached hydrogens (tertiary/aromatic N) is 1. The zero-order valence-corrected chi connectivity index (χ0v) is 21.0. The highest BCUT2D eigenvalue weighted by Gasteiger charge is 2.16. The molecule has 0 heterocycles. The van der Waals surface area contributed by atoms with Crippen molar-refractivity contribution in [1.82, 2.24) is 5.32 Å². The first-order chi connectivity index (χ1) is 15.9. The normalized spacial score (nSPS) is 10.5. The molecule has 0 aromatic heterocycles. The number of nitro groups is 1. The molecule has 0 bridgehead atoms. The number of rotatable bonds is 10. The Morgan fingerprint density at radius 2 is 1.70 bits per heavy atom. The lowest BCUT2D eigenvalue weighted by molar-refractivity contribution is -0.386. The summed E-state index contributed by atoms with van der Waals surface area (Å²) < 4.78 is 12.5. The van der Waals surface area contributed by atoms with Gasteiger partial charge in [0.25, 0.3) is 0 Å². The standard InChI is InChI=1S/C24H22Br2N2O5/c1-32-24-19(25)11-18(12-20(24)26)14-23(29)27-10-9-16-7-8-21(28(30)31)22(13-16)33-15-17-5-3-2-4-6-17/h2-8,11-13H,9-10,14-15H2,1H3,(H,27,29). The predicted molar refractivity (Wildman–Crippen MR) is 133 cm³/mol. The summed E-state index contributed by atoms with van der Waals surface area (Å²) in [5.74, 6) is 0.754. The number of nitrogens with one attached hydrogen (secondary N) is 1. The fourth-order valence-corrected chi connectivity index (χ4v) is 4.82. The highest BCUT2D eigenvalue weighted by molar-refractivity contribution is 9.11. The lowest BCUT2D eigenvalue weighted by atomic mass is 10.1. The van der Waals surface area contributed by atoms with E-state index in [1.165, 1.54) is 6.07 Å². The highest BCUT2D eigenvalue weighted by atomic mass is 79.9. The van der Waals surface area contributed by atoms with Gasteiger partial charge in [-0.3, -0.25) is 14.9 Å². The molecule has 3 rings (SSSR count). The number of hydrogen-bond acceptors (Lipinski definition) is 5. The minimum Gasteiger partial charge on any atom is -0.494 e. The molecule has 0 saturated carbocycles. The number of carbonyl (C=O) groups excluding carboxylic acids is 1. The van der Waals surface area contributed by atoms with Crippen LogP contribution < -0.4 is 14.8 Å². The van der Waals surface area contributed by atoms with Crippen LogP contribution in [0.4, 0.5) is 5.69 Å². The van der Waals surface area contributed by atoms with Crippen LogP contribution in [0.2, 0.25) is 0 Å². The highest BCUT2D eigenvalue weighted by Crippen LogP contribution is 2.34. The van der Waals surface area contributed by atoms with Gasteiger partial charge in [-0.2, -0.15) is 0 Å². The molecule has 0 aliphatic rings. The third-order valence-electron chi connectivity index (χ3n) is 4.82. The smallest absolute Gasteiger partial charge is 0.310 e. The number of hydrogen-bond donors (Lipinski definition) is 1. The Morgan fingerprint density at radius 3 is 2.33 bits per heavy atom. The maximum atomic E-state index is 12.4. The van der Waals surface area contributed by atoms with Crippen LogP contribution in [0, 0.1) is 10.1 Å². The van der Waals surface area contributed by atoms with Crippen LogP contribution in [-0.2, 0) is 24.2 Å². The minimum absolute atomic E-state index is 0.0885. The molecule has 1 amide bonds. The summed E-state index contributed by atoms with van der Waals surface area (Å²) in [4.78, 5) is 23.3. The Kier molecular flexibility index (Phi) is 8.85. The fraction of sp³-hybridized carbons (Fsp3) is 0.208. The van der Waals surface area contributed by atoms with E-state index in [1.54, 1.807) is 19.2 Å². The van der Waals surface area contributed by atoms with Gasteiger partial charge in [0.15, 0.2) is 5.75 Å². The molecule has 1 N–H and O–H groups in total. The summed E-state index contributed by atoms with van der Waals surface area (Å²) in [6, 6.07) is 17.9. The second-order valence-electron chi connectivity index (χ2n) is 7.20. The van der Waals surface area contributed by atoms with Gasteiger partial charge < -0.3 is 14.8 Å². The fourth-order valence-electron chi connectivity index (χ4n) is 3.22. The summed E-state index contributed by atoms with van der Waals surface area (Å²) in [7, 11) is 1.58. The van der Waals surface area contributed by atoms with Crippen molar-refractivity contribution in [2.75, 3.05) is 13.7 Å². The van der Waals surface area contributed by atoms with Gasteiger partial charge in [-0.1, -0.05) is 36.4 Å². The van der Waals surface area contributed by atoms with Gasteiger partial charge in [0.05, 0.1) is 27.4 Å². The van der Waals surface area contributed by atoms with Gasteiger partial charge in [0.1, 0.15) is 12.4 Å². The second kappa shape index (κ2) is 11.8. The summed E-state index contributed by atoms with van der Waals surface area (Å²) in [6.45, 7) is 0.627. The van der Waals surface area contributed by atoms with Crippen molar-refractivity contribution in [2.45, 2.75) is 19.4 Å². The number of carbonyl (C=O) groups is 1. The molecule has 3 aromatic carbocycles. The number of methoxy groups -OCH3 is 1. The van der Waals surface area contributed by atoms with E-state index in [4.69, 9.17) is 9.47 Å². The van der Waals surface area contributed by atoms with Crippen LogP contribution in [0.3, 0.4) is 0 Å². The molecular formula is C24H22Br2N2O5. The van der Waals surface area contributed by atoms with Crippen LogP contribution in [0.1, 0.15) is 16.7 Å². The Balaban J connectivity index is 1.58. The predicted octanol–water partition coefficient (Wildman–Crippen LogP) is 5.61. The van der Waals surface area contributed by atoms with Crippen LogP contribution in [0.25, 0.3) is 0 Å². The van der Waals surface area contributed by atoms with Gasteiger partial charge in [0.2, 0.25) is 5.91 Å². The Morgan fingerprint density at radius 1 is 1.00 bits per heavy atom. The lowest BCUT2D eigenvalue weighted by Crippen LogP contribution is -2.27. The van der Waals surface area contributed by atoms with Crippen LogP contribution in [0.15, 0.2) is 69.6 Å². The summed E-state index contributed by atoms with van der Waals surface area (Å²) in [6.07, 6.45) is 0.730. The van der Waals surface area contributed by atoms with Crippen molar-refractivity contribution in [3.63, 3.8) is 0 Å². The van der Waals surface area contributed by atoms with E-state index in [-0.39, 0.29) is 30.4 Å². The topological polar surface area (TPSA) is 90.7 Å². The van der Waals surface area contributed by atoms with E-state index >= 15 is 0 Å². The molecule has 0 aliphatic heterocycles. The van der Waals surface area contributed by atoms with Crippen molar-refractivity contribution < 1.29 is 19.2 Å². The summed E-state index contributed by atoms with van der Waals surface area (Å²) in [5.41, 5.74) is 2.49. The largest absolute Gasteiger partial charge is 0.494 e. The van der Waals surface area contributed by atoms with Gasteiger partial charge in [-0.15, -0.1) is 0 Å². The maximum Gasteiger partial charge on any atom is 0.310 e. The van der Waals surface area contributed by atoms with E-state index in [9.17, 15) is 14.9 Å². The van der Waals surface area contributed by atoms with Crippen molar-refractivity contribution in [2.24, 2.45) is 0 Å². The molecule has 0 atom stereocenters. The van der Waals surface area contributed by atoms with E-state index in [2.05, 4.69) is 37.2 Å². The van der Waals surface area contributed by atoms with Gasteiger partial charge in [-0.25, -0.2) is 0 Å². The van der Waals surface area contributed by atoms with Crippen molar-refractivity contribution in [1.29, 1.82) is 0 Å². The minimum atomic E-state index is -0.461. The first kappa shape index (κ1) is 24.7. The van der Waals surface area contributed by atoms with Gasteiger partial charge in [-0.05, 0) is 73.2 Å². The molecule has 172 valence electrons. The van der Waals surface area contributed by atoms with Crippen LogP contribution in [-0.4, -0.2) is 24.5 Å². The molecule has 33 heavy (non-hydrogen) atoms. The third-order valence-corrected chi connectivity index (χ3v) is 6.00. The van der Waals surface area contributed by atoms with Gasteiger partial charge in [0, 0.05) is 12.6 Å². The maximum absolute atomic E-state index is 12.4. The molecule has 9 heteroatoms. The lowest BCUT2D eigenvalue weighted by Gasteiger charge is -2.11. The number of nitro benzene ring substituents is 1. The molecule has 7 nitrogen and oxygen atoms in total. The quantitative estimate of drug-likeness (QED) is 0.250. The zero-order valence-electron chi connectivity index (χ0n) is 17.8. The van der Waals surface area contributed by atoms with Crippen molar-refractivity contribution in [3.8, 4) is 11.5 Å². The summed E-state index contributed by atoms with van der Waals surface area (Å²) >= 11 is 6.87. The number of benzene rings is 3. The average molecular weight is 578 g/mol. The molecule has 0 spiro atoms. The first-order valence-corrected chi connectivity index (χ1v) is 11.7. The second-order valence-corrected chi connectivity index (χ2v) is 8.91. The average Bonchev–Trinajstić information content (AvgIpc) is 2.78. The SMILES string of the molecule is COc1c(Br)cc(CC(=O)NCCc2ccc([N+](=O)[O-])c(OCc3ccccc3)c2)cc1Br. The first-order valence-electron chi connectivity index (χ1n) is 10.1. The monoisotopic (exact) mass is 576 g/mol. The van der Waals surface area contributed by atoms with E-state index in [0.717, 1.165) is 25.6 Å². The zero-order chi connectivity index (χ0) is 23.8. The molecular weight excluding hydrogens is 556 g/mol. The molecule has 0 radical (unpaired) electrons. The molecule has 3 aromatic rings. The molecule has 0 saturated heterocycles. The van der Waals surface area contributed by atoms with Crippen LogP contribution >= 0.6 is 31.9 Å². The van der Waals surface area contributed by atoms with E-state index in [0.29, 0.717) is 18.7 Å². The van der Waals surface area contributed by atoms with Gasteiger partial charge >= 0.3 is 5.69 Å². The third kappa shape index (κ3) is 7.03. The van der Waals surface area contributed by atoms with E-state index < -0.39 is 4.92 Å². The number of ether oxygens (including phenoxy) is 2. The Bertz CT molecular complexity index is 1120. The van der Waals surface area contributed by atoms with Crippen LogP contribution in [0.5, 0.6) is 11.5 Å². The Hall–Kier alpha value is -2.91. The van der Waals surface area contributed by atoms with E-state index in [1.807, 2.05) is 42.5 Å². The summed E-state index contributed by atoms with van der Waals surface area (Å²) in [5, 5.41) is 14.2. The van der Waals surface area contributed by atoms with Crippen molar-refractivity contribution >= 4 is 43.5 Å². The number of amides is 1. The number of halogens is 2. The molecule has 0 aliphatic carbocycles. The molecule has 0 fully saturated rings. The Labute approximate surface area is 208 Å². The molecule has 0 unspecified atom stereocenters.